The van der Waals surface area contributed by atoms with Crippen LogP contribution in [0, 0.1) is 12.7 Å². The standard InChI is InChI=1S/C19H14FN3OS2/c1-10-4-6-13(12(20)9-10)22-18(24)17-16(21)11-5-7-14(23-19(11)26-17)15-3-2-8-25-15/h2-9H,21H2,1H3,(H,22,24). The summed E-state index contributed by atoms with van der Waals surface area (Å²) in [6, 6.07) is 12.4. The summed E-state index contributed by atoms with van der Waals surface area (Å²) in [5, 5.41) is 5.30. The van der Waals surface area contributed by atoms with E-state index in [9.17, 15) is 9.18 Å². The summed E-state index contributed by atoms with van der Waals surface area (Å²) in [6.07, 6.45) is 0. The lowest BCUT2D eigenvalue weighted by molar-refractivity contribution is 0.103. The van der Waals surface area contributed by atoms with Gasteiger partial charge in [-0.3, -0.25) is 4.79 Å². The molecule has 26 heavy (non-hydrogen) atoms. The van der Waals surface area contributed by atoms with Gasteiger partial charge in [0.2, 0.25) is 0 Å². The van der Waals surface area contributed by atoms with E-state index < -0.39 is 11.7 Å². The topological polar surface area (TPSA) is 68.0 Å². The van der Waals surface area contributed by atoms with Gasteiger partial charge in [0.05, 0.1) is 21.9 Å². The van der Waals surface area contributed by atoms with Crippen LogP contribution in [0.4, 0.5) is 15.8 Å². The van der Waals surface area contributed by atoms with Crippen LogP contribution >= 0.6 is 22.7 Å². The Bertz CT molecular complexity index is 1120. The minimum Gasteiger partial charge on any atom is -0.397 e. The number of aromatic nitrogens is 1. The van der Waals surface area contributed by atoms with E-state index >= 15 is 0 Å². The van der Waals surface area contributed by atoms with Gasteiger partial charge >= 0.3 is 0 Å². The molecule has 4 aromatic rings. The molecule has 0 spiro atoms. The number of hydrogen-bond donors (Lipinski definition) is 2. The number of pyridine rings is 1. The second-order valence-corrected chi connectivity index (χ2v) is 7.76. The van der Waals surface area contributed by atoms with Crippen molar-refractivity contribution in [3.8, 4) is 10.6 Å². The molecule has 0 aliphatic carbocycles. The first-order valence-corrected chi connectivity index (χ1v) is 9.53. The lowest BCUT2D eigenvalue weighted by atomic mass is 10.2. The van der Waals surface area contributed by atoms with Crippen LogP contribution < -0.4 is 11.1 Å². The largest absolute Gasteiger partial charge is 0.397 e. The Kier molecular flexibility index (Phi) is 4.18. The van der Waals surface area contributed by atoms with E-state index in [1.165, 1.54) is 17.4 Å². The number of thiophene rings is 2. The molecule has 130 valence electrons. The summed E-state index contributed by atoms with van der Waals surface area (Å²) >= 11 is 2.80. The number of carbonyl (C=O) groups is 1. The second-order valence-electron chi connectivity index (χ2n) is 5.81. The smallest absolute Gasteiger partial charge is 0.268 e. The van der Waals surface area contributed by atoms with Gasteiger partial charge in [-0.15, -0.1) is 22.7 Å². The van der Waals surface area contributed by atoms with Gasteiger partial charge in [-0.1, -0.05) is 12.1 Å². The third-order valence-electron chi connectivity index (χ3n) is 3.95. The number of fused-ring (bicyclic) bond motifs is 1. The molecule has 0 aliphatic heterocycles. The fourth-order valence-corrected chi connectivity index (χ4v) is 4.31. The zero-order valence-electron chi connectivity index (χ0n) is 13.7. The maximum atomic E-state index is 14.0. The molecule has 4 rings (SSSR count). The Labute approximate surface area is 157 Å². The van der Waals surface area contributed by atoms with E-state index in [2.05, 4.69) is 10.3 Å². The highest BCUT2D eigenvalue weighted by atomic mass is 32.1. The number of hydrogen-bond acceptors (Lipinski definition) is 5. The summed E-state index contributed by atoms with van der Waals surface area (Å²) in [6.45, 7) is 1.79. The van der Waals surface area contributed by atoms with E-state index in [-0.39, 0.29) is 5.69 Å². The number of amides is 1. The van der Waals surface area contributed by atoms with E-state index in [4.69, 9.17) is 5.73 Å². The normalized spacial score (nSPS) is 11.0. The number of halogens is 1. The number of anilines is 2. The fourth-order valence-electron chi connectivity index (χ4n) is 2.63. The number of benzene rings is 1. The highest BCUT2D eigenvalue weighted by Crippen LogP contribution is 2.35. The second kappa shape index (κ2) is 6.51. The summed E-state index contributed by atoms with van der Waals surface area (Å²) < 4.78 is 14.0. The van der Waals surface area contributed by atoms with Crippen molar-refractivity contribution < 1.29 is 9.18 Å². The Morgan fingerprint density at radius 1 is 1.23 bits per heavy atom. The van der Waals surface area contributed by atoms with Crippen LogP contribution in [0.2, 0.25) is 0 Å². The van der Waals surface area contributed by atoms with Gasteiger partial charge in [-0.05, 0) is 48.2 Å². The highest BCUT2D eigenvalue weighted by molar-refractivity contribution is 7.21. The molecule has 1 amide bonds. The predicted octanol–water partition coefficient (Wildman–Crippen LogP) is 5.31. The monoisotopic (exact) mass is 383 g/mol. The van der Waals surface area contributed by atoms with E-state index in [0.29, 0.717) is 15.4 Å². The van der Waals surface area contributed by atoms with Gasteiger partial charge in [-0.2, -0.15) is 0 Å². The van der Waals surface area contributed by atoms with Crippen molar-refractivity contribution in [3.63, 3.8) is 0 Å². The van der Waals surface area contributed by atoms with Crippen LogP contribution in [0.3, 0.4) is 0 Å². The van der Waals surface area contributed by atoms with Crippen molar-refractivity contribution in [3.05, 3.63) is 64.1 Å². The summed E-state index contributed by atoms with van der Waals surface area (Å²) in [4.78, 5) is 19.3. The van der Waals surface area contributed by atoms with Gasteiger partial charge in [0.25, 0.3) is 5.91 Å². The Morgan fingerprint density at radius 2 is 2.08 bits per heavy atom. The number of nitrogen functional groups attached to an aromatic ring is 1. The number of carbonyl (C=O) groups excluding carboxylic acids is 1. The minimum atomic E-state index is -0.476. The molecule has 1 aromatic carbocycles. The van der Waals surface area contributed by atoms with Crippen molar-refractivity contribution in [2.75, 3.05) is 11.1 Å². The van der Waals surface area contributed by atoms with Crippen molar-refractivity contribution in [2.45, 2.75) is 6.92 Å². The lowest BCUT2D eigenvalue weighted by Crippen LogP contribution is -2.13. The summed E-state index contributed by atoms with van der Waals surface area (Å²) in [7, 11) is 0. The first-order valence-electron chi connectivity index (χ1n) is 7.83. The van der Waals surface area contributed by atoms with Gasteiger partial charge in [0.1, 0.15) is 15.5 Å². The van der Waals surface area contributed by atoms with Crippen molar-refractivity contribution >= 4 is 50.2 Å². The average molecular weight is 383 g/mol. The average Bonchev–Trinajstić information content (AvgIpc) is 3.25. The molecule has 0 atom stereocenters. The maximum absolute atomic E-state index is 14.0. The molecular formula is C19H14FN3OS2. The van der Waals surface area contributed by atoms with Crippen LogP contribution in [0.25, 0.3) is 20.8 Å². The van der Waals surface area contributed by atoms with Crippen LogP contribution in [-0.2, 0) is 0 Å². The molecule has 3 aromatic heterocycles. The zero-order valence-corrected chi connectivity index (χ0v) is 15.4. The Hall–Kier alpha value is -2.77. The van der Waals surface area contributed by atoms with Gasteiger partial charge in [0, 0.05) is 5.39 Å². The molecule has 0 saturated heterocycles. The highest BCUT2D eigenvalue weighted by Gasteiger charge is 2.19. The predicted molar refractivity (Wildman–Crippen MR) is 106 cm³/mol. The number of rotatable bonds is 3. The third kappa shape index (κ3) is 2.95. The van der Waals surface area contributed by atoms with Gasteiger partial charge < -0.3 is 11.1 Å². The first kappa shape index (κ1) is 16.7. The number of aryl methyl sites for hydroxylation is 1. The van der Waals surface area contributed by atoms with E-state index in [1.54, 1.807) is 30.4 Å². The SMILES string of the molecule is Cc1ccc(NC(=O)c2sc3nc(-c4cccs4)ccc3c2N)c(F)c1. The molecule has 3 heterocycles. The third-order valence-corrected chi connectivity index (χ3v) is 5.95. The minimum absolute atomic E-state index is 0.129. The molecule has 3 N–H and O–H groups in total. The van der Waals surface area contributed by atoms with Crippen molar-refractivity contribution in [2.24, 2.45) is 0 Å². The van der Waals surface area contributed by atoms with Crippen LogP contribution in [-0.4, -0.2) is 10.9 Å². The van der Waals surface area contributed by atoms with Crippen molar-refractivity contribution in [1.29, 1.82) is 0 Å². The van der Waals surface area contributed by atoms with Gasteiger partial charge in [-0.25, -0.2) is 9.37 Å². The molecule has 0 saturated carbocycles. The lowest BCUT2D eigenvalue weighted by Gasteiger charge is -2.06. The molecular weight excluding hydrogens is 369 g/mol. The number of nitrogens with two attached hydrogens (primary N) is 1. The maximum Gasteiger partial charge on any atom is 0.268 e. The molecule has 0 unspecified atom stereocenters. The zero-order chi connectivity index (χ0) is 18.3. The van der Waals surface area contributed by atoms with Crippen LogP contribution in [0.1, 0.15) is 15.2 Å². The molecule has 0 fully saturated rings. The fraction of sp³-hybridized carbons (Fsp3) is 0.0526. The van der Waals surface area contributed by atoms with Gasteiger partial charge in [0.15, 0.2) is 0 Å². The van der Waals surface area contributed by atoms with Crippen molar-refractivity contribution in [1.82, 2.24) is 4.98 Å². The Morgan fingerprint density at radius 3 is 2.81 bits per heavy atom. The van der Waals surface area contributed by atoms with Crippen LogP contribution in [0.15, 0.2) is 47.8 Å². The number of nitrogens with one attached hydrogen (secondary N) is 1. The summed E-state index contributed by atoms with van der Waals surface area (Å²) in [5.74, 6) is -0.915. The van der Waals surface area contributed by atoms with E-state index in [1.807, 2.05) is 29.6 Å². The molecule has 0 radical (unpaired) electrons. The van der Waals surface area contributed by atoms with Crippen LogP contribution in [0.5, 0.6) is 0 Å². The summed E-state index contributed by atoms with van der Waals surface area (Å²) in [5.41, 5.74) is 8.26. The first-order chi connectivity index (χ1) is 12.5. The molecule has 7 heteroatoms. The quantitative estimate of drug-likeness (QED) is 0.504. The Balaban J connectivity index is 1.69. The molecule has 4 nitrogen and oxygen atoms in total. The number of nitrogens with zero attached hydrogens (tertiary/aromatic N) is 1. The molecule has 0 bridgehead atoms. The molecule has 0 aliphatic rings. The van der Waals surface area contributed by atoms with E-state index in [0.717, 1.165) is 21.5 Å².